The van der Waals surface area contributed by atoms with Gasteiger partial charge in [0.2, 0.25) is 0 Å². The molecule has 2 amide bonds. The van der Waals surface area contributed by atoms with Gasteiger partial charge >= 0.3 is 6.03 Å². The summed E-state index contributed by atoms with van der Waals surface area (Å²) >= 11 is 6.24. The molecule has 0 atom stereocenters. The number of amides is 2. The number of ether oxygens (including phenoxy) is 1. The Kier molecular flexibility index (Phi) is 5.60. The summed E-state index contributed by atoms with van der Waals surface area (Å²) in [6.45, 7) is 3.84. The van der Waals surface area contributed by atoms with E-state index in [-0.39, 0.29) is 12.1 Å². The topological polar surface area (TPSA) is 59.4 Å². The van der Waals surface area contributed by atoms with Gasteiger partial charge in [-0.15, -0.1) is 0 Å². The maximum atomic E-state index is 12.6. The molecule has 1 aliphatic heterocycles. The number of likely N-dealkylation sites (tertiary alicyclic amines) is 1. The average Bonchev–Trinajstić information content (AvgIpc) is 2.97. The summed E-state index contributed by atoms with van der Waals surface area (Å²) in [4.78, 5) is 14.4. The van der Waals surface area contributed by atoms with Crippen LogP contribution in [0.4, 0.5) is 10.6 Å². The van der Waals surface area contributed by atoms with Gasteiger partial charge in [0.05, 0.1) is 18.8 Å². The zero-order valence-corrected chi connectivity index (χ0v) is 15.3. The summed E-state index contributed by atoms with van der Waals surface area (Å²) in [7, 11) is 1.72. The second-order valence-corrected chi connectivity index (χ2v) is 6.68. The number of methoxy groups -OCH3 is 1. The largest absolute Gasteiger partial charge is 0.381 e. The minimum absolute atomic E-state index is 0.0986. The Bertz CT molecular complexity index is 738. The summed E-state index contributed by atoms with van der Waals surface area (Å²) in [5, 5.41) is 8.07. The Hall–Kier alpha value is -2.05. The van der Waals surface area contributed by atoms with Crippen LogP contribution in [0.1, 0.15) is 24.0 Å². The first-order valence-electron chi connectivity index (χ1n) is 8.43. The van der Waals surface area contributed by atoms with Crippen molar-refractivity contribution in [2.24, 2.45) is 0 Å². The van der Waals surface area contributed by atoms with Gasteiger partial charge in [-0.2, -0.15) is 5.10 Å². The number of rotatable bonds is 4. The van der Waals surface area contributed by atoms with Crippen LogP contribution < -0.4 is 5.32 Å². The molecule has 1 aromatic carbocycles. The van der Waals surface area contributed by atoms with Gasteiger partial charge in [0.25, 0.3) is 0 Å². The van der Waals surface area contributed by atoms with Crippen LogP contribution in [0.5, 0.6) is 0 Å². The van der Waals surface area contributed by atoms with E-state index in [1.54, 1.807) is 18.0 Å². The van der Waals surface area contributed by atoms with Crippen molar-refractivity contribution in [2.45, 2.75) is 32.4 Å². The maximum absolute atomic E-state index is 12.6. The SMILES string of the molecule is COC1CCN(C(=O)Nc2c(C)cnn2Cc2ccccc2Cl)CC1. The summed E-state index contributed by atoms with van der Waals surface area (Å²) in [6, 6.07) is 7.55. The van der Waals surface area contributed by atoms with Crippen LogP contribution in [-0.2, 0) is 11.3 Å². The van der Waals surface area contributed by atoms with Crippen molar-refractivity contribution in [3.63, 3.8) is 0 Å². The van der Waals surface area contributed by atoms with Crippen molar-refractivity contribution in [3.8, 4) is 0 Å². The maximum Gasteiger partial charge on any atom is 0.323 e. The highest BCUT2D eigenvalue weighted by Crippen LogP contribution is 2.21. The van der Waals surface area contributed by atoms with Crippen molar-refractivity contribution in [1.82, 2.24) is 14.7 Å². The van der Waals surface area contributed by atoms with Crippen LogP contribution >= 0.6 is 11.6 Å². The minimum atomic E-state index is -0.0986. The third-order valence-electron chi connectivity index (χ3n) is 4.59. The van der Waals surface area contributed by atoms with Crippen LogP contribution in [-0.4, -0.2) is 47.0 Å². The lowest BCUT2D eigenvalue weighted by Gasteiger charge is -2.31. The highest BCUT2D eigenvalue weighted by molar-refractivity contribution is 6.31. The van der Waals surface area contributed by atoms with Crippen molar-refractivity contribution in [2.75, 3.05) is 25.5 Å². The van der Waals surface area contributed by atoms with Crippen LogP contribution in [0.2, 0.25) is 5.02 Å². The zero-order chi connectivity index (χ0) is 17.8. The Morgan fingerprint density at radius 3 is 2.76 bits per heavy atom. The van der Waals surface area contributed by atoms with Gasteiger partial charge in [-0.05, 0) is 31.4 Å². The van der Waals surface area contributed by atoms with Gasteiger partial charge in [-0.3, -0.25) is 5.32 Å². The van der Waals surface area contributed by atoms with Gasteiger partial charge in [0, 0.05) is 30.8 Å². The number of piperidine rings is 1. The summed E-state index contributed by atoms with van der Waals surface area (Å²) in [5.74, 6) is 0.707. The van der Waals surface area contributed by atoms with Gasteiger partial charge in [0.1, 0.15) is 5.82 Å². The number of carbonyl (C=O) groups excluding carboxylic acids is 1. The highest BCUT2D eigenvalue weighted by Gasteiger charge is 2.23. The van der Waals surface area contributed by atoms with E-state index in [1.165, 1.54) is 0 Å². The van der Waals surface area contributed by atoms with Crippen LogP contribution in [0.3, 0.4) is 0 Å². The van der Waals surface area contributed by atoms with Crippen molar-refractivity contribution < 1.29 is 9.53 Å². The van der Waals surface area contributed by atoms with Gasteiger partial charge < -0.3 is 9.64 Å². The smallest absolute Gasteiger partial charge is 0.323 e. The van der Waals surface area contributed by atoms with E-state index in [9.17, 15) is 4.79 Å². The molecule has 0 spiro atoms. The number of aromatic nitrogens is 2. The summed E-state index contributed by atoms with van der Waals surface area (Å²) in [5.41, 5.74) is 1.89. The number of urea groups is 1. The number of nitrogens with one attached hydrogen (secondary N) is 1. The predicted molar refractivity (Wildman–Crippen MR) is 98.1 cm³/mol. The van der Waals surface area contributed by atoms with Crippen molar-refractivity contribution in [1.29, 1.82) is 0 Å². The number of aryl methyl sites for hydroxylation is 1. The second-order valence-electron chi connectivity index (χ2n) is 6.28. The molecule has 134 valence electrons. The first kappa shape index (κ1) is 17.8. The number of nitrogens with zero attached hydrogens (tertiary/aromatic N) is 3. The molecule has 1 saturated heterocycles. The number of hydrogen-bond donors (Lipinski definition) is 1. The Labute approximate surface area is 152 Å². The first-order chi connectivity index (χ1) is 12.1. The number of benzene rings is 1. The van der Waals surface area contributed by atoms with Crippen molar-refractivity contribution >= 4 is 23.4 Å². The number of hydrogen-bond acceptors (Lipinski definition) is 3. The molecule has 3 rings (SSSR count). The molecule has 2 aromatic rings. The molecule has 2 heterocycles. The second kappa shape index (κ2) is 7.89. The third kappa shape index (κ3) is 4.14. The molecule has 0 saturated carbocycles. The fourth-order valence-corrected chi connectivity index (χ4v) is 3.22. The quantitative estimate of drug-likeness (QED) is 0.905. The van der Waals surface area contributed by atoms with Gasteiger partial charge in [-0.1, -0.05) is 29.8 Å². The first-order valence-corrected chi connectivity index (χ1v) is 8.81. The van der Waals surface area contributed by atoms with E-state index >= 15 is 0 Å². The highest BCUT2D eigenvalue weighted by atomic mass is 35.5. The van der Waals surface area contributed by atoms with E-state index in [4.69, 9.17) is 16.3 Å². The molecular weight excluding hydrogens is 340 g/mol. The standard InChI is InChI=1S/C18H23ClN4O2/c1-13-11-20-23(12-14-5-3-4-6-16(14)19)17(13)21-18(24)22-9-7-15(25-2)8-10-22/h3-6,11,15H,7-10,12H2,1-2H3,(H,21,24). The Morgan fingerprint density at radius 1 is 1.36 bits per heavy atom. The fourth-order valence-electron chi connectivity index (χ4n) is 3.02. The number of anilines is 1. The zero-order valence-electron chi connectivity index (χ0n) is 14.5. The molecule has 1 aliphatic rings. The lowest BCUT2D eigenvalue weighted by molar-refractivity contribution is 0.0521. The molecule has 0 aliphatic carbocycles. The number of carbonyl (C=O) groups is 1. The monoisotopic (exact) mass is 362 g/mol. The molecule has 0 bridgehead atoms. The Morgan fingerprint density at radius 2 is 2.08 bits per heavy atom. The molecule has 25 heavy (non-hydrogen) atoms. The lowest BCUT2D eigenvalue weighted by Crippen LogP contribution is -2.43. The van der Waals surface area contributed by atoms with E-state index in [1.807, 2.05) is 36.1 Å². The molecule has 1 aromatic heterocycles. The molecule has 1 N–H and O–H groups in total. The van der Waals surface area contributed by atoms with Crippen LogP contribution in [0, 0.1) is 6.92 Å². The third-order valence-corrected chi connectivity index (χ3v) is 4.96. The van der Waals surface area contributed by atoms with Gasteiger partial charge in [0.15, 0.2) is 0 Å². The summed E-state index contributed by atoms with van der Waals surface area (Å²) < 4.78 is 7.13. The van der Waals surface area contributed by atoms with E-state index in [2.05, 4.69) is 10.4 Å². The minimum Gasteiger partial charge on any atom is -0.381 e. The van der Waals surface area contributed by atoms with Crippen molar-refractivity contribution in [3.05, 3.63) is 46.6 Å². The fraction of sp³-hybridized carbons (Fsp3) is 0.444. The molecule has 0 unspecified atom stereocenters. The van der Waals surface area contributed by atoms with Crippen LogP contribution in [0.15, 0.2) is 30.5 Å². The number of halogens is 1. The molecule has 6 nitrogen and oxygen atoms in total. The molecule has 1 fully saturated rings. The summed E-state index contributed by atoms with van der Waals surface area (Å²) in [6.07, 6.45) is 3.73. The van der Waals surface area contributed by atoms with E-state index in [0.717, 1.165) is 24.0 Å². The van der Waals surface area contributed by atoms with Gasteiger partial charge in [-0.25, -0.2) is 9.48 Å². The normalized spacial score (nSPS) is 15.4. The van der Waals surface area contributed by atoms with E-state index in [0.29, 0.717) is 30.5 Å². The Balaban J connectivity index is 1.70. The molecular formula is C18H23ClN4O2. The van der Waals surface area contributed by atoms with Crippen LogP contribution in [0.25, 0.3) is 0 Å². The van der Waals surface area contributed by atoms with E-state index < -0.39 is 0 Å². The average molecular weight is 363 g/mol. The lowest BCUT2D eigenvalue weighted by atomic mass is 10.1. The molecule has 7 heteroatoms. The predicted octanol–water partition coefficient (Wildman–Crippen LogP) is 3.54. The molecule has 0 radical (unpaired) electrons.